The molecule has 4 aromatic rings. The van der Waals surface area contributed by atoms with E-state index in [1.165, 1.54) is 0 Å². The Balaban J connectivity index is 1.63. The van der Waals surface area contributed by atoms with Gasteiger partial charge in [0.25, 0.3) is 11.8 Å². The molecule has 0 spiro atoms. The topological polar surface area (TPSA) is 152 Å². The number of nitrogens with two attached hydrogens (primary N) is 1. The number of anilines is 1. The van der Waals surface area contributed by atoms with Crippen LogP contribution < -0.4 is 21.1 Å². The third-order valence-corrected chi connectivity index (χ3v) is 7.03. The van der Waals surface area contributed by atoms with Crippen LogP contribution in [0.2, 0.25) is 0 Å². The first-order valence-corrected chi connectivity index (χ1v) is 15.6. The van der Waals surface area contributed by atoms with E-state index in [9.17, 15) is 19.5 Å². The van der Waals surface area contributed by atoms with Crippen LogP contribution in [0.25, 0.3) is 11.1 Å². The monoisotopic (exact) mass is 650 g/mol. The summed E-state index contributed by atoms with van der Waals surface area (Å²) in [5, 5.41) is 16.1. The minimum absolute atomic E-state index is 0.0226. The third-order valence-electron chi connectivity index (χ3n) is 7.03. The molecule has 0 radical (unpaired) electrons. The Hall–Kier alpha value is -5.48. The van der Waals surface area contributed by atoms with Gasteiger partial charge in [0.05, 0.1) is 12.2 Å². The Morgan fingerprint density at radius 2 is 1.52 bits per heavy atom. The van der Waals surface area contributed by atoms with Crippen LogP contribution >= 0.6 is 0 Å². The van der Waals surface area contributed by atoms with Gasteiger partial charge >= 0.3 is 6.09 Å². The molecule has 0 saturated heterocycles. The maximum absolute atomic E-state index is 13.9. The maximum Gasteiger partial charge on any atom is 0.436 e. The van der Waals surface area contributed by atoms with E-state index >= 15 is 0 Å². The van der Waals surface area contributed by atoms with Crippen molar-refractivity contribution >= 4 is 29.4 Å². The second kappa shape index (κ2) is 15.9. The number of hydrogen-bond donors (Lipinski definition) is 4. The number of aliphatic hydroxyl groups is 1. The number of carbonyl (C=O) groups excluding carboxylic acids is 3. The van der Waals surface area contributed by atoms with Crippen LogP contribution in [-0.4, -0.2) is 41.0 Å². The van der Waals surface area contributed by atoms with Gasteiger partial charge in [0, 0.05) is 23.4 Å². The summed E-state index contributed by atoms with van der Waals surface area (Å²) in [5.41, 5.74) is 9.55. The summed E-state index contributed by atoms with van der Waals surface area (Å²) in [6.07, 6.45) is -0.800. The summed E-state index contributed by atoms with van der Waals surface area (Å²) in [5.74, 6) is 0.0666. The molecule has 4 rings (SSSR count). The molecule has 250 valence electrons. The standard InChI is InChI=1S/C38H42N4O6/c1-24(2)21-40-35(44)27-13-17-31(28(19-27)22-43)32-18-16-30(47-23-25-9-7-6-8-10-25)20-33(32)36(45)41-29-14-11-26(12-15-29)34(39)42-37(46)48-38(3,4)5/h6-20,24,43H,21-23H2,1-5H3,(H,40,44)(H,41,45)(H2,39,42,46). The smallest absolute Gasteiger partial charge is 0.436 e. The Bertz CT molecular complexity index is 1780. The summed E-state index contributed by atoms with van der Waals surface area (Å²) in [6.45, 7) is 9.69. The lowest BCUT2D eigenvalue weighted by Gasteiger charge is -2.17. The summed E-state index contributed by atoms with van der Waals surface area (Å²) in [6, 6.07) is 26.4. The molecule has 0 unspecified atom stereocenters. The van der Waals surface area contributed by atoms with Gasteiger partial charge in [0.15, 0.2) is 0 Å². The molecule has 4 aromatic carbocycles. The number of hydrogen-bond acceptors (Lipinski definition) is 6. The number of rotatable bonds is 11. The van der Waals surface area contributed by atoms with E-state index < -0.39 is 17.6 Å². The molecule has 0 heterocycles. The molecule has 10 nitrogen and oxygen atoms in total. The number of amides is 3. The largest absolute Gasteiger partial charge is 0.489 e. The van der Waals surface area contributed by atoms with E-state index in [-0.39, 0.29) is 24.3 Å². The molecule has 0 aromatic heterocycles. The Kier molecular flexibility index (Phi) is 11.7. The van der Waals surface area contributed by atoms with Gasteiger partial charge in [0.1, 0.15) is 23.8 Å². The molecule has 0 atom stereocenters. The van der Waals surface area contributed by atoms with Gasteiger partial charge in [-0.25, -0.2) is 4.79 Å². The van der Waals surface area contributed by atoms with Crippen LogP contribution in [0.1, 0.15) is 72.0 Å². The first kappa shape index (κ1) is 35.4. The van der Waals surface area contributed by atoms with Gasteiger partial charge in [-0.1, -0.05) is 50.2 Å². The van der Waals surface area contributed by atoms with Crippen LogP contribution in [0, 0.1) is 5.92 Å². The molecule has 0 bridgehead atoms. The Morgan fingerprint density at radius 3 is 2.17 bits per heavy atom. The number of nitrogens with one attached hydrogen (secondary N) is 2. The summed E-state index contributed by atoms with van der Waals surface area (Å²) in [7, 11) is 0. The quantitative estimate of drug-likeness (QED) is 0.104. The lowest BCUT2D eigenvalue weighted by molar-refractivity contribution is 0.0603. The van der Waals surface area contributed by atoms with Crippen molar-refractivity contribution in [1.29, 1.82) is 0 Å². The Morgan fingerprint density at radius 1 is 0.854 bits per heavy atom. The maximum atomic E-state index is 13.9. The second-order valence-corrected chi connectivity index (χ2v) is 12.6. The Labute approximate surface area is 281 Å². The van der Waals surface area contributed by atoms with E-state index in [0.29, 0.717) is 58.0 Å². The van der Waals surface area contributed by atoms with Crippen molar-refractivity contribution in [3.05, 3.63) is 119 Å². The van der Waals surface area contributed by atoms with Crippen LogP contribution in [-0.2, 0) is 18.0 Å². The van der Waals surface area contributed by atoms with Gasteiger partial charge < -0.3 is 30.9 Å². The number of benzene rings is 4. The van der Waals surface area contributed by atoms with Crippen LogP contribution in [0.5, 0.6) is 5.75 Å². The average molecular weight is 651 g/mol. The lowest BCUT2D eigenvalue weighted by Crippen LogP contribution is -2.27. The number of nitrogens with zero attached hydrogens (tertiary/aromatic N) is 1. The van der Waals surface area contributed by atoms with Crippen molar-refractivity contribution in [1.82, 2.24) is 5.32 Å². The summed E-state index contributed by atoms with van der Waals surface area (Å²) < 4.78 is 11.2. The van der Waals surface area contributed by atoms with E-state index in [4.69, 9.17) is 15.2 Å². The van der Waals surface area contributed by atoms with Gasteiger partial charge in [-0.2, -0.15) is 4.99 Å². The molecule has 0 aliphatic carbocycles. The van der Waals surface area contributed by atoms with Crippen molar-refractivity contribution in [2.45, 2.75) is 53.4 Å². The highest BCUT2D eigenvalue weighted by Gasteiger charge is 2.20. The fraction of sp³-hybridized carbons (Fsp3) is 0.263. The molecule has 0 fully saturated rings. The fourth-order valence-corrected chi connectivity index (χ4v) is 4.67. The van der Waals surface area contributed by atoms with Gasteiger partial charge in [-0.3, -0.25) is 9.59 Å². The predicted octanol–water partition coefficient (Wildman–Crippen LogP) is 6.70. The molecule has 0 aliphatic rings. The lowest BCUT2D eigenvalue weighted by atomic mass is 9.93. The summed E-state index contributed by atoms with van der Waals surface area (Å²) >= 11 is 0. The van der Waals surface area contributed by atoms with Crippen LogP contribution in [0.4, 0.5) is 10.5 Å². The number of aliphatic hydroxyl groups excluding tert-OH is 1. The fourth-order valence-electron chi connectivity index (χ4n) is 4.67. The van der Waals surface area contributed by atoms with E-state index in [1.807, 2.05) is 44.2 Å². The zero-order valence-corrected chi connectivity index (χ0v) is 27.9. The van der Waals surface area contributed by atoms with Gasteiger partial charge in [0.2, 0.25) is 0 Å². The van der Waals surface area contributed by atoms with Crippen LogP contribution in [0.15, 0.2) is 96.0 Å². The highest BCUT2D eigenvalue weighted by molar-refractivity contribution is 6.10. The molecule has 5 N–H and O–H groups in total. The van der Waals surface area contributed by atoms with Crippen molar-refractivity contribution in [3.63, 3.8) is 0 Å². The number of amidine groups is 1. The number of ether oxygens (including phenoxy) is 2. The van der Waals surface area contributed by atoms with E-state index in [1.54, 1.807) is 81.4 Å². The number of carbonyl (C=O) groups is 3. The van der Waals surface area contributed by atoms with Crippen molar-refractivity contribution in [2.24, 2.45) is 16.6 Å². The average Bonchev–Trinajstić information content (AvgIpc) is 3.05. The second-order valence-electron chi connectivity index (χ2n) is 12.6. The first-order chi connectivity index (χ1) is 22.8. The molecular weight excluding hydrogens is 608 g/mol. The van der Waals surface area contributed by atoms with Crippen molar-refractivity contribution in [2.75, 3.05) is 11.9 Å². The minimum Gasteiger partial charge on any atom is -0.489 e. The van der Waals surface area contributed by atoms with Gasteiger partial charge in [-0.05, 0) is 104 Å². The first-order valence-electron chi connectivity index (χ1n) is 15.6. The van der Waals surface area contributed by atoms with Crippen molar-refractivity contribution < 1.29 is 29.0 Å². The van der Waals surface area contributed by atoms with E-state index in [2.05, 4.69) is 15.6 Å². The molecule has 0 aliphatic heterocycles. The molecular formula is C38H42N4O6. The molecule has 0 saturated carbocycles. The molecule has 10 heteroatoms. The SMILES string of the molecule is CC(C)CNC(=O)c1ccc(-c2ccc(OCc3ccccc3)cc2C(=O)Nc2ccc(C(N)=NC(=O)OC(C)(C)C)cc2)c(CO)c1. The highest BCUT2D eigenvalue weighted by atomic mass is 16.6. The van der Waals surface area contributed by atoms with E-state index in [0.717, 1.165) is 5.56 Å². The van der Waals surface area contributed by atoms with Crippen molar-refractivity contribution in [3.8, 4) is 16.9 Å². The molecule has 48 heavy (non-hydrogen) atoms. The number of aliphatic imine (C=N–C) groups is 1. The molecule has 3 amide bonds. The van der Waals surface area contributed by atoms with Crippen LogP contribution in [0.3, 0.4) is 0 Å². The third kappa shape index (κ3) is 10.0. The zero-order valence-electron chi connectivity index (χ0n) is 27.9. The predicted molar refractivity (Wildman–Crippen MR) is 187 cm³/mol. The minimum atomic E-state index is -0.800. The summed E-state index contributed by atoms with van der Waals surface area (Å²) in [4.78, 5) is 42.5. The van der Waals surface area contributed by atoms with Gasteiger partial charge in [-0.15, -0.1) is 0 Å². The normalized spacial score (nSPS) is 11.6. The highest BCUT2D eigenvalue weighted by Crippen LogP contribution is 2.32. The zero-order chi connectivity index (χ0) is 34.8.